The number of halogens is 1. The lowest BCUT2D eigenvalue weighted by Crippen LogP contribution is -2.11. The lowest BCUT2D eigenvalue weighted by molar-refractivity contribution is 0.415. The molecule has 184 valence electrons. The van der Waals surface area contributed by atoms with Crippen LogP contribution in [0.15, 0.2) is 120 Å². The number of methoxy groups -OCH3 is 2. The van der Waals surface area contributed by atoms with E-state index < -0.39 is 0 Å². The molecule has 0 amide bonds. The van der Waals surface area contributed by atoms with E-state index >= 15 is 0 Å². The van der Waals surface area contributed by atoms with Crippen LogP contribution in [0.4, 0.5) is 22.7 Å². The van der Waals surface area contributed by atoms with E-state index in [1.54, 1.807) is 14.2 Å². The minimum atomic E-state index is 0.749. The first-order valence-electron chi connectivity index (χ1n) is 11.9. The average molecular weight is 551 g/mol. The van der Waals surface area contributed by atoms with Gasteiger partial charge in [-0.05, 0) is 102 Å². The van der Waals surface area contributed by atoms with E-state index in [2.05, 4.69) is 99.7 Å². The summed E-state index contributed by atoms with van der Waals surface area (Å²) < 4.78 is 11.9. The predicted octanol–water partition coefficient (Wildman–Crippen LogP) is 8.85. The summed E-state index contributed by atoms with van der Waals surface area (Å²) in [5, 5.41) is 0. The molecule has 0 aliphatic heterocycles. The van der Waals surface area contributed by atoms with Crippen LogP contribution in [0.1, 0.15) is 0 Å². The summed E-state index contributed by atoms with van der Waals surface area (Å²) >= 11 is 3.58. The zero-order valence-electron chi connectivity index (χ0n) is 20.7. The van der Waals surface area contributed by atoms with Crippen molar-refractivity contribution in [3.05, 3.63) is 120 Å². The van der Waals surface area contributed by atoms with Crippen LogP contribution >= 0.6 is 15.9 Å². The number of benzene rings is 5. The van der Waals surface area contributed by atoms with Crippen molar-refractivity contribution in [3.8, 4) is 33.8 Å². The maximum Gasteiger partial charge on any atom is 0.119 e. The summed E-state index contributed by atoms with van der Waals surface area (Å²) in [6.07, 6.45) is 0. The van der Waals surface area contributed by atoms with Gasteiger partial charge in [0.2, 0.25) is 0 Å². The van der Waals surface area contributed by atoms with Gasteiger partial charge in [-0.25, -0.2) is 0 Å². The van der Waals surface area contributed by atoms with Gasteiger partial charge in [0.15, 0.2) is 0 Å². The number of nitrogens with zero attached hydrogens (tertiary/aromatic N) is 1. The maximum atomic E-state index is 5.94. The van der Waals surface area contributed by atoms with E-state index in [0.29, 0.717) is 0 Å². The van der Waals surface area contributed by atoms with Crippen LogP contribution in [0.2, 0.25) is 0 Å². The number of ether oxygens (including phenoxy) is 2. The molecule has 5 heteroatoms. The van der Waals surface area contributed by atoms with Gasteiger partial charge in [-0.1, -0.05) is 46.3 Å². The minimum absolute atomic E-state index is 0.749. The zero-order valence-corrected chi connectivity index (χ0v) is 22.3. The van der Waals surface area contributed by atoms with E-state index in [0.717, 1.165) is 61.0 Å². The molecule has 4 nitrogen and oxygen atoms in total. The zero-order chi connectivity index (χ0) is 25.8. The smallest absolute Gasteiger partial charge is 0.119 e. The molecule has 0 aromatic heterocycles. The van der Waals surface area contributed by atoms with E-state index in [-0.39, 0.29) is 0 Å². The third-order valence-electron chi connectivity index (χ3n) is 6.30. The molecule has 5 aromatic carbocycles. The van der Waals surface area contributed by atoms with E-state index in [4.69, 9.17) is 15.2 Å². The summed E-state index contributed by atoms with van der Waals surface area (Å²) in [5.74, 6) is 1.62. The Hall–Kier alpha value is -4.22. The number of hydrogen-bond donors (Lipinski definition) is 1. The summed E-state index contributed by atoms with van der Waals surface area (Å²) in [7, 11) is 3.36. The van der Waals surface area contributed by atoms with Crippen molar-refractivity contribution in [2.24, 2.45) is 0 Å². The van der Waals surface area contributed by atoms with E-state index in [1.165, 1.54) is 0 Å². The lowest BCUT2D eigenvalue weighted by atomic mass is 9.96. The van der Waals surface area contributed by atoms with E-state index in [1.807, 2.05) is 36.4 Å². The maximum absolute atomic E-state index is 5.94. The fourth-order valence-electron chi connectivity index (χ4n) is 4.34. The third-order valence-corrected chi connectivity index (χ3v) is 6.83. The second-order valence-electron chi connectivity index (χ2n) is 8.59. The van der Waals surface area contributed by atoms with Gasteiger partial charge in [0.05, 0.1) is 19.9 Å². The molecule has 0 saturated heterocycles. The van der Waals surface area contributed by atoms with Crippen molar-refractivity contribution >= 4 is 38.7 Å². The van der Waals surface area contributed by atoms with Gasteiger partial charge in [-0.15, -0.1) is 0 Å². The Morgan fingerprint density at radius 1 is 0.568 bits per heavy atom. The Bertz CT molecular complexity index is 1430. The Morgan fingerprint density at radius 3 is 1.57 bits per heavy atom. The largest absolute Gasteiger partial charge is 0.497 e. The highest BCUT2D eigenvalue weighted by Crippen LogP contribution is 2.43. The first-order valence-corrected chi connectivity index (χ1v) is 12.7. The SMILES string of the molecule is COc1ccc(N(c2ccc(OC)cc2)c2ccc(-c3ccc(N)cc3)cc2-c2ccc(Br)cc2)cc1. The molecular weight excluding hydrogens is 524 g/mol. The third kappa shape index (κ3) is 5.32. The van der Waals surface area contributed by atoms with Gasteiger partial charge in [-0.2, -0.15) is 0 Å². The summed E-state index contributed by atoms with van der Waals surface area (Å²) in [5.41, 5.74) is 14.2. The quantitative estimate of drug-likeness (QED) is 0.205. The molecular formula is C32H27BrN2O2. The van der Waals surface area contributed by atoms with Crippen molar-refractivity contribution < 1.29 is 9.47 Å². The Morgan fingerprint density at radius 2 is 1.05 bits per heavy atom. The molecule has 0 aliphatic rings. The fraction of sp³-hybridized carbons (Fsp3) is 0.0625. The Kier molecular flexibility index (Phi) is 7.15. The summed E-state index contributed by atoms with van der Waals surface area (Å²) in [4.78, 5) is 2.25. The standard InChI is InChI=1S/C32H27BrN2O2/c1-36-29-16-12-27(13-17-29)35(28-14-18-30(37-2)19-15-28)32-20-7-24(22-5-10-26(34)11-6-22)21-31(32)23-3-8-25(33)9-4-23/h3-21H,34H2,1-2H3. The molecule has 2 N–H and O–H groups in total. The second-order valence-corrected chi connectivity index (χ2v) is 9.51. The molecule has 0 unspecified atom stereocenters. The molecule has 0 radical (unpaired) electrons. The van der Waals surface area contributed by atoms with Gasteiger partial charge in [0.25, 0.3) is 0 Å². The molecule has 0 heterocycles. The molecule has 0 spiro atoms. The van der Waals surface area contributed by atoms with Crippen LogP contribution in [0.3, 0.4) is 0 Å². The minimum Gasteiger partial charge on any atom is -0.497 e. The van der Waals surface area contributed by atoms with Gasteiger partial charge in [-0.3, -0.25) is 0 Å². The second kappa shape index (κ2) is 10.8. The number of nitrogen functional groups attached to an aromatic ring is 1. The fourth-order valence-corrected chi connectivity index (χ4v) is 4.60. The van der Waals surface area contributed by atoms with Gasteiger partial charge in [0, 0.05) is 27.1 Å². The first-order chi connectivity index (χ1) is 18.1. The van der Waals surface area contributed by atoms with E-state index in [9.17, 15) is 0 Å². The molecule has 0 saturated carbocycles. The van der Waals surface area contributed by atoms with Crippen LogP contribution in [0.25, 0.3) is 22.3 Å². The summed E-state index contributed by atoms with van der Waals surface area (Å²) in [6, 6.07) is 39.2. The highest BCUT2D eigenvalue weighted by molar-refractivity contribution is 9.10. The van der Waals surface area contributed by atoms with Crippen LogP contribution in [0, 0.1) is 0 Å². The molecule has 37 heavy (non-hydrogen) atoms. The monoisotopic (exact) mass is 550 g/mol. The highest BCUT2D eigenvalue weighted by Gasteiger charge is 2.18. The van der Waals surface area contributed by atoms with Gasteiger partial charge >= 0.3 is 0 Å². The Labute approximate surface area is 226 Å². The molecule has 0 atom stereocenters. The lowest BCUT2D eigenvalue weighted by Gasteiger charge is -2.28. The molecule has 5 rings (SSSR count). The molecule has 0 bridgehead atoms. The number of anilines is 4. The van der Waals surface area contributed by atoms with Crippen molar-refractivity contribution in [1.29, 1.82) is 0 Å². The average Bonchev–Trinajstić information content (AvgIpc) is 2.95. The number of rotatable bonds is 7. The van der Waals surface area contributed by atoms with Crippen molar-refractivity contribution in [3.63, 3.8) is 0 Å². The first kappa shape index (κ1) is 24.5. The van der Waals surface area contributed by atoms with Gasteiger partial charge < -0.3 is 20.1 Å². The van der Waals surface area contributed by atoms with Crippen LogP contribution in [-0.4, -0.2) is 14.2 Å². The highest BCUT2D eigenvalue weighted by atomic mass is 79.9. The predicted molar refractivity (Wildman–Crippen MR) is 157 cm³/mol. The van der Waals surface area contributed by atoms with Crippen molar-refractivity contribution in [1.82, 2.24) is 0 Å². The Balaban J connectivity index is 1.72. The van der Waals surface area contributed by atoms with Crippen LogP contribution in [-0.2, 0) is 0 Å². The van der Waals surface area contributed by atoms with Crippen LogP contribution < -0.4 is 20.1 Å². The van der Waals surface area contributed by atoms with Crippen molar-refractivity contribution in [2.75, 3.05) is 24.9 Å². The van der Waals surface area contributed by atoms with Crippen LogP contribution in [0.5, 0.6) is 11.5 Å². The molecule has 5 aromatic rings. The summed E-state index contributed by atoms with van der Waals surface area (Å²) in [6.45, 7) is 0. The molecule has 0 aliphatic carbocycles. The van der Waals surface area contributed by atoms with Crippen molar-refractivity contribution in [2.45, 2.75) is 0 Å². The number of nitrogens with two attached hydrogens (primary N) is 1. The van der Waals surface area contributed by atoms with Gasteiger partial charge in [0.1, 0.15) is 11.5 Å². The number of hydrogen-bond acceptors (Lipinski definition) is 4. The molecule has 0 fully saturated rings. The topological polar surface area (TPSA) is 47.7 Å². The normalized spacial score (nSPS) is 10.7.